The molecule has 0 spiro atoms. The zero-order valence-electron chi connectivity index (χ0n) is 13.9. The van der Waals surface area contributed by atoms with Gasteiger partial charge in [-0.1, -0.05) is 18.2 Å². The van der Waals surface area contributed by atoms with Gasteiger partial charge in [0.05, 0.1) is 15.9 Å². The average molecular weight is 434 g/mol. The zero-order valence-corrected chi connectivity index (χ0v) is 16.3. The number of halogens is 1. The minimum absolute atomic E-state index is 0.114. The number of aromatic hydroxyl groups is 1. The van der Waals surface area contributed by atoms with E-state index in [1.807, 2.05) is 31.2 Å². The van der Waals surface area contributed by atoms with Gasteiger partial charge >= 0.3 is 0 Å². The van der Waals surface area contributed by atoms with Gasteiger partial charge in [-0.3, -0.25) is 14.5 Å². The van der Waals surface area contributed by atoms with Crippen molar-refractivity contribution in [1.82, 2.24) is 4.90 Å². The van der Waals surface area contributed by atoms with Crippen molar-refractivity contribution in [2.75, 3.05) is 13.2 Å². The van der Waals surface area contributed by atoms with E-state index >= 15 is 0 Å². The summed E-state index contributed by atoms with van der Waals surface area (Å²) in [6.45, 7) is 2.39. The minimum atomic E-state index is -0.336. The number of phenolic OH excluding ortho intramolecular Hbond substituents is 1. The van der Waals surface area contributed by atoms with Gasteiger partial charge < -0.3 is 9.84 Å². The summed E-state index contributed by atoms with van der Waals surface area (Å²) in [6, 6.07) is 12.5. The molecule has 0 aromatic heterocycles. The lowest BCUT2D eigenvalue weighted by molar-refractivity contribution is -0.123. The number of nitrogens with zero attached hydrogens (tertiary/aromatic N) is 1. The van der Waals surface area contributed by atoms with E-state index in [0.717, 1.165) is 22.9 Å². The average Bonchev–Trinajstić information content (AvgIpc) is 2.86. The predicted molar refractivity (Wildman–Crippen MR) is 105 cm³/mol. The van der Waals surface area contributed by atoms with Crippen molar-refractivity contribution in [1.29, 1.82) is 0 Å². The monoisotopic (exact) mass is 433 g/mol. The highest BCUT2D eigenvalue weighted by Gasteiger charge is 2.34. The highest BCUT2D eigenvalue weighted by atomic mass is 79.9. The van der Waals surface area contributed by atoms with Crippen LogP contribution in [-0.4, -0.2) is 34.3 Å². The lowest BCUT2D eigenvalue weighted by Crippen LogP contribution is -2.32. The Labute approximate surface area is 163 Å². The van der Waals surface area contributed by atoms with Crippen LogP contribution in [0.3, 0.4) is 0 Å². The summed E-state index contributed by atoms with van der Waals surface area (Å²) in [7, 11) is 0. The summed E-state index contributed by atoms with van der Waals surface area (Å²) in [4.78, 5) is 26.1. The Morgan fingerprint density at radius 3 is 2.77 bits per heavy atom. The molecule has 1 saturated heterocycles. The van der Waals surface area contributed by atoms with Crippen molar-refractivity contribution in [3.63, 3.8) is 0 Å². The SMILES string of the molecule is Cc1cccc(OCCN2C(=O)S/C(=C\c3ccc(O)c(Br)c3)C2=O)c1. The third-order valence-corrected chi connectivity index (χ3v) is 5.26. The molecular formula is C19H16BrNO4S. The number of hydrogen-bond acceptors (Lipinski definition) is 5. The van der Waals surface area contributed by atoms with E-state index in [1.165, 1.54) is 11.0 Å². The van der Waals surface area contributed by atoms with Crippen LogP contribution in [0.2, 0.25) is 0 Å². The molecule has 0 radical (unpaired) electrons. The van der Waals surface area contributed by atoms with E-state index in [4.69, 9.17) is 4.74 Å². The summed E-state index contributed by atoms with van der Waals surface area (Å²) >= 11 is 4.13. The highest BCUT2D eigenvalue weighted by Crippen LogP contribution is 2.33. The summed E-state index contributed by atoms with van der Waals surface area (Å²) in [5.74, 6) is 0.488. The second-order valence-corrected chi connectivity index (χ2v) is 7.56. The molecule has 134 valence electrons. The van der Waals surface area contributed by atoms with Gasteiger partial charge in [0.1, 0.15) is 18.1 Å². The largest absolute Gasteiger partial charge is 0.507 e. The number of aryl methyl sites for hydroxylation is 1. The molecule has 1 aliphatic heterocycles. The fourth-order valence-electron chi connectivity index (χ4n) is 2.42. The number of hydrogen-bond donors (Lipinski definition) is 1. The first-order valence-corrected chi connectivity index (χ1v) is 9.48. The molecule has 1 fully saturated rings. The normalized spacial score (nSPS) is 15.8. The Bertz CT molecular complexity index is 897. The maximum absolute atomic E-state index is 12.5. The van der Waals surface area contributed by atoms with Crippen LogP contribution < -0.4 is 4.74 Å². The molecular weight excluding hydrogens is 418 g/mol. The Morgan fingerprint density at radius 2 is 2.04 bits per heavy atom. The van der Waals surface area contributed by atoms with Gasteiger partial charge in [0.25, 0.3) is 11.1 Å². The second kappa shape index (κ2) is 7.97. The molecule has 3 rings (SSSR count). The Hall–Kier alpha value is -2.25. The number of imide groups is 1. The van der Waals surface area contributed by atoms with Crippen molar-refractivity contribution in [2.24, 2.45) is 0 Å². The molecule has 0 aliphatic carbocycles. The van der Waals surface area contributed by atoms with Crippen LogP contribution in [0.4, 0.5) is 4.79 Å². The number of benzene rings is 2. The molecule has 0 atom stereocenters. The van der Waals surface area contributed by atoms with E-state index in [0.29, 0.717) is 15.1 Å². The van der Waals surface area contributed by atoms with Crippen molar-refractivity contribution in [2.45, 2.75) is 6.92 Å². The van der Waals surface area contributed by atoms with E-state index < -0.39 is 0 Å². The first kappa shape index (κ1) is 18.5. The second-order valence-electron chi connectivity index (χ2n) is 5.71. The molecule has 0 unspecified atom stereocenters. The molecule has 2 aromatic carbocycles. The van der Waals surface area contributed by atoms with Crippen molar-refractivity contribution in [3.05, 3.63) is 63.0 Å². The number of carbonyl (C=O) groups is 2. The number of rotatable bonds is 5. The third kappa shape index (κ3) is 4.28. The number of amides is 2. The maximum atomic E-state index is 12.5. The Balaban J connectivity index is 1.64. The van der Waals surface area contributed by atoms with E-state index in [2.05, 4.69) is 15.9 Å². The molecule has 2 amide bonds. The van der Waals surface area contributed by atoms with Crippen LogP contribution in [0.15, 0.2) is 51.8 Å². The molecule has 1 heterocycles. The van der Waals surface area contributed by atoms with E-state index in [1.54, 1.807) is 18.2 Å². The molecule has 5 nitrogen and oxygen atoms in total. The fraction of sp³-hybridized carbons (Fsp3) is 0.158. The van der Waals surface area contributed by atoms with Gasteiger partial charge in [0.15, 0.2) is 0 Å². The fourth-order valence-corrected chi connectivity index (χ4v) is 3.68. The molecule has 0 saturated carbocycles. The zero-order chi connectivity index (χ0) is 18.7. The summed E-state index contributed by atoms with van der Waals surface area (Å²) < 4.78 is 6.14. The van der Waals surface area contributed by atoms with E-state index in [9.17, 15) is 14.7 Å². The smallest absolute Gasteiger partial charge is 0.293 e. The molecule has 7 heteroatoms. The lowest BCUT2D eigenvalue weighted by atomic mass is 10.2. The molecule has 26 heavy (non-hydrogen) atoms. The van der Waals surface area contributed by atoms with Crippen LogP contribution in [0.1, 0.15) is 11.1 Å². The summed E-state index contributed by atoms with van der Waals surface area (Å²) in [5.41, 5.74) is 1.80. The Morgan fingerprint density at radius 1 is 1.23 bits per heavy atom. The topological polar surface area (TPSA) is 66.8 Å². The van der Waals surface area contributed by atoms with Crippen LogP contribution >= 0.6 is 27.7 Å². The molecule has 2 aromatic rings. The molecule has 1 aliphatic rings. The number of carbonyl (C=O) groups excluding carboxylic acids is 2. The summed E-state index contributed by atoms with van der Waals surface area (Å²) in [5, 5.41) is 9.22. The predicted octanol–water partition coefficient (Wildman–Crippen LogP) is 4.58. The Kier molecular flexibility index (Phi) is 5.68. The van der Waals surface area contributed by atoms with Gasteiger partial charge in [-0.2, -0.15) is 0 Å². The lowest BCUT2D eigenvalue weighted by Gasteiger charge is -2.13. The van der Waals surface area contributed by atoms with Crippen LogP contribution in [0.25, 0.3) is 6.08 Å². The first-order valence-electron chi connectivity index (χ1n) is 7.87. The molecule has 1 N–H and O–H groups in total. The number of phenols is 1. The van der Waals surface area contributed by atoms with Crippen LogP contribution in [0.5, 0.6) is 11.5 Å². The quantitative estimate of drug-likeness (QED) is 0.698. The summed E-state index contributed by atoms with van der Waals surface area (Å²) in [6.07, 6.45) is 1.64. The van der Waals surface area contributed by atoms with Crippen molar-refractivity contribution >= 4 is 44.9 Å². The van der Waals surface area contributed by atoms with Gasteiger partial charge in [0, 0.05) is 0 Å². The van der Waals surface area contributed by atoms with Gasteiger partial charge in [-0.25, -0.2) is 0 Å². The van der Waals surface area contributed by atoms with Crippen LogP contribution in [0, 0.1) is 6.92 Å². The van der Waals surface area contributed by atoms with Crippen molar-refractivity contribution < 1.29 is 19.4 Å². The van der Waals surface area contributed by atoms with Gasteiger partial charge in [-0.15, -0.1) is 0 Å². The first-order chi connectivity index (χ1) is 12.4. The van der Waals surface area contributed by atoms with Crippen molar-refractivity contribution in [3.8, 4) is 11.5 Å². The van der Waals surface area contributed by atoms with Gasteiger partial charge in [0.2, 0.25) is 0 Å². The van der Waals surface area contributed by atoms with Gasteiger partial charge in [-0.05, 0) is 76.1 Å². The third-order valence-electron chi connectivity index (χ3n) is 3.72. The standard InChI is InChI=1S/C19H16BrNO4S/c1-12-3-2-4-14(9-12)25-8-7-21-18(23)17(26-19(21)24)11-13-5-6-16(22)15(20)10-13/h2-6,9-11,22H,7-8H2,1H3/b17-11-. The van der Waals surface area contributed by atoms with E-state index in [-0.39, 0.29) is 30.0 Å². The minimum Gasteiger partial charge on any atom is -0.507 e. The number of thioether (sulfide) groups is 1. The number of ether oxygens (including phenoxy) is 1. The van der Waals surface area contributed by atoms with Crippen LogP contribution in [-0.2, 0) is 4.79 Å². The maximum Gasteiger partial charge on any atom is 0.293 e. The molecule has 0 bridgehead atoms. The highest BCUT2D eigenvalue weighted by molar-refractivity contribution is 9.10.